The summed E-state index contributed by atoms with van der Waals surface area (Å²) in [4.78, 5) is 32.7. The van der Waals surface area contributed by atoms with Crippen LogP contribution in [0.3, 0.4) is 0 Å². The Bertz CT molecular complexity index is 712. The van der Waals surface area contributed by atoms with Crippen LogP contribution in [-0.2, 0) is 16.1 Å². The van der Waals surface area contributed by atoms with E-state index in [1.54, 1.807) is 4.90 Å². The van der Waals surface area contributed by atoms with Gasteiger partial charge in [0.15, 0.2) is 6.10 Å². The van der Waals surface area contributed by atoms with Crippen LogP contribution < -0.4 is 5.32 Å². The summed E-state index contributed by atoms with van der Waals surface area (Å²) in [6, 6.07) is 7.42. The Morgan fingerprint density at radius 1 is 1.46 bits per heavy atom. The highest BCUT2D eigenvalue weighted by Gasteiger charge is 2.34. The van der Waals surface area contributed by atoms with E-state index in [4.69, 9.17) is 0 Å². The maximum atomic E-state index is 12.4. The number of carbonyl (C=O) groups excluding carboxylic acids is 2. The third kappa shape index (κ3) is 3.46. The van der Waals surface area contributed by atoms with E-state index in [1.807, 2.05) is 31.2 Å². The van der Waals surface area contributed by atoms with Crippen molar-refractivity contribution in [2.24, 2.45) is 0 Å². The van der Waals surface area contributed by atoms with Crippen molar-refractivity contribution in [3.63, 3.8) is 0 Å². The van der Waals surface area contributed by atoms with Crippen molar-refractivity contribution in [1.82, 2.24) is 20.2 Å². The van der Waals surface area contributed by atoms with Crippen LogP contribution in [0.1, 0.15) is 29.3 Å². The molecule has 24 heavy (non-hydrogen) atoms. The maximum Gasteiger partial charge on any atom is 0.255 e. The summed E-state index contributed by atoms with van der Waals surface area (Å²) in [6.07, 6.45) is 1.94. The molecule has 0 bridgehead atoms. The van der Waals surface area contributed by atoms with Gasteiger partial charge in [0.25, 0.3) is 5.91 Å². The molecule has 2 heterocycles. The Labute approximate surface area is 139 Å². The first-order chi connectivity index (χ1) is 11.5. The summed E-state index contributed by atoms with van der Waals surface area (Å²) in [7, 11) is 0. The number of likely N-dealkylation sites (tertiary alicyclic amines) is 1. The molecule has 7 nitrogen and oxygen atoms in total. The Kier molecular flexibility index (Phi) is 4.61. The monoisotopic (exact) mass is 328 g/mol. The van der Waals surface area contributed by atoms with E-state index in [0.717, 1.165) is 5.56 Å². The molecule has 126 valence electrons. The molecule has 1 aliphatic rings. The summed E-state index contributed by atoms with van der Waals surface area (Å²) in [5.74, 6) is -0.726. The van der Waals surface area contributed by atoms with Gasteiger partial charge in [0.2, 0.25) is 5.91 Å². The number of nitrogens with zero attached hydrogens (tertiary/aromatic N) is 2. The third-order valence-electron chi connectivity index (χ3n) is 4.17. The molecule has 0 saturated carbocycles. The average Bonchev–Trinajstić information content (AvgIpc) is 3.22. The van der Waals surface area contributed by atoms with Gasteiger partial charge in [-0.25, -0.2) is 4.98 Å². The summed E-state index contributed by atoms with van der Waals surface area (Å²) in [6.45, 7) is 3.12. The molecule has 0 aliphatic carbocycles. The van der Waals surface area contributed by atoms with E-state index >= 15 is 0 Å². The first-order valence-electron chi connectivity index (χ1n) is 7.85. The first kappa shape index (κ1) is 16.2. The van der Waals surface area contributed by atoms with Gasteiger partial charge >= 0.3 is 0 Å². The number of hydrogen-bond acceptors (Lipinski definition) is 4. The van der Waals surface area contributed by atoms with Crippen molar-refractivity contribution >= 4 is 11.8 Å². The quantitative estimate of drug-likeness (QED) is 0.751. The van der Waals surface area contributed by atoms with Crippen LogP contribution in [0, 0.1) is 6.92 Å². The Hall–Kier alpha value is -2.67. The van der Waals surface area contributed by atoms with Gasteiger partial charge in [-0.15, -0.1) is 0 Å². The number of benzene rings is 1. The van der Waals surface area contributed by atoms with Crippen LogP contribution in [0.4, 0.5) is 0 Å². The van der Waals surface area contributed by atoms with Crippen molar-refractivity contribution in [2.75, 3.05) is 6.54 Å². The first-order valence-corrected chi connectivity index (χ1v) is 7.85. The fourth-order valence-electron chi connectivity index (χ4n) is 2.75. The second-order valence-corrected chi connectivity index (χ2v) is 6.00. The number of carbonyl (C=O) groups is 2. The Morgan fingerprint density at radius 3 is 2.88 bits per heavy atom. The second kappa shape index (κ2) is 6.84. The van der Waals surface area contributed by atoms with Gasteiger partial charge in [0.05, 0.1) is 18.2 Å². The molecule has 7 heteroatoms. The highest BCUT2D eigenvalue weighted by molar-refractivity contribution is 5.90. The molecule has 2 amide bonds. The van der Waals surface area contributed by atoms with Crippen LogP contribution in [0.2, 0.25) is 0 Å². The normalized spacial score (nSPS) is 18.7. The minimum absolute atomic E-state index is 0.124. The van der Waals surface area contributed by atoms with Crippen LogP contribution in [-0.4, -0.2) is 44.4 Å². The smallest absolute Gasteiger partial charge is 0.255 e. The largest absolute Gasteiger partial charge is 0.377 e. The minimum atomic E-state index is -1.36. The van der Waals surface area contributed by atoms with Gasteiger partial charge in [-0.3, -0.25) is 9.59 Å². The zero-order chi connectivity index (χ0) is 17.1. The number of aromatic amines is 1. The topological polar surface area (TPSA) is 98.3 Å². The highest BCUT2D eigenvalue weighted by atomic mass is 16.3. The third-order valence-corrected chi connectivity index (χ3v) is 4.17. The molecule has 0 radical (unpaired) electrons. The van der Waals surface area contributed by atoms with Gasteiger partial charge in [0, 0.05) is 13.1 Å². The molecule has 1 aliphatic heterocycles. The molecule has 0 spiro atoms. The molecule has 2 unspecified atom stereocenters. The van der Waals surface area contributed by atoms with Crippen molar-refractivity contribution in [2.45, 2.75) is 32.0 Å². The van der Waals surface area contributed by atoms with Crippen molar-refractivity contribution in [3.05, 3.63) is 53.6 Å². The van der Waals surface area contributed by atoms with Crippen molar-refractivity contribution in [1.29, 1.82) is 0 Å². The van der Waals surface area contributed by atoms with Gasteiger partial charge in [-0.05, 0) is 18.9 Å². The van der Waals surface area contributed by atoms with Crippen LogP contribution in [0.15, 0.2) is 36.8 Å². The summed E-state index contributed by atoms with van der Waals surface area (Å²) < 4.78 is 0. The minimum Gasteiger partial charge on any atom is -0.377 e. The number of aliphatic hydroxyl groups excluding tert-OH is 1. The van der Waals surface area contributed by atoms with Crippen molar-refractivity contribution < 1.29 is 14.7 Å². The lowest BCUT2D eigenvalue weighted by Gasteiger charge is -2.18. The standard InChI is InChI=1S/C17H20N4O3/c1-11-2-4-12(5-3-11)9-21-7-6-13(17(21)24)20-16(23)15(22)14-8-18-10-19-14/h2-5,8,10,13,15,22H,6-7,9H2,1H3,(H,18,19)(H,20,23). The molecule has 3 rings (SSSR count). The molecule has 1 saturated heterocycles. The predicted octanol–water partition coefficient (Wildman–Crippen LogP) is 0.669. The summed E-state index contributed by atoms with van der Waals surface area (Å²) in [5, 5.41) is 12.6. The maximum absolute atomic E-state index is 12.4. The molecule has 1 aromatic carbocycles. The number of aliphatic hydroxyl groups is 1. The van der Waals surface area contributed by atoms with Gasteiger partial charge < -0.3 is 20.3 Å². The number of nitrogens with one attached hydrogen (secondary N) is 2. The second-order valence-electron chi connectivity index (χ2n) is 6.00. The number of H-pyrrole nitrogens is 1. The SMILES string of the molecule is Cc1ccc(CN2CCC(NC(=O)C(O)c3cnc[nH]3)C2=O)cc1. The Balaban J connectivity index is 1.57. The summed E-state index contributed by atoms with van der Waals surface area (Å²) in [5.41, 5.74) is 2.53. The van der Waals surface area contributed by atoms with Crippen LogP contribution in [0.25, 0.3) is 0 Å². The van der Waals surface area contributed by atoms with E-state index in [9.17, 15) is 14.7 Å². The van der Waals surface area contributed by atoms with E-state index in [0.29, 0.717) is 25.2 Å². The van der Waals surface area contributed by atoms with Crippen LogP contribution in [0.5, 0.6) is 0 Å². The lowest BCUT2D eigenvalue weighted by molar-refractivity contribution is -0.136. The lowest BCUT2D eigenvalue weighted by Crippen LogP contribution is -2.43. The highest BCUT2D eigenvalue weighted by Crippen LogP contribution is 2.17. The fourth-order valence-corrected chi connectivity index (χ4v) is 2.75. The molecule has 2 aromatic rings. The number of aryl methyl sites for hydroxylation is 1. The average molecular weight is 328 g/mol. The lowest BCUT2D eigenvalue weighted by atomic mass is 10.1. The number of amides is 2. The van der Waals surface area contributed by atoms with Crippen molar-refractivity contribution in [3.8, 4) is 0 Å². The zero-order valence-electron chi connectivity index (χ0n) is 13.4. The van der Waals surface area contributed by atoms with E-state index in [-0.39, 0.29) is 5.91 Å². The van der Waals surface area contributed by atoms with Gasteiger partial charge in [-0.1, -0.05) is 29.8 Å². The van der Waals surface area contributed by atoms with E-state index in [2.05, 4.69) is 15.3 Å². The zero-order valence-corrected chi connectivity index (χ0v) is 13.4. The Morgan fingerprint density at radius 2 is 2.21 bits per heavy atom. The number of imidazole rings is 1. The molecule has 1 aromatic heterocycles. The van der Waals surface area contributed by atoms with Gasteiger partial charge in [0.1, 0.15) is 6.04 Å². The van der Waals surface area contributed by atoms with E-state index in [1.165, 1.54) is 18.1 Å². The molecule has 1 fully saturated rings. The molecular formula is C17H20N4O3. The number of aromatic nitrogens is 2. The predicted molar refractivity (Wildman–Crippen MR) is 86.7 cm³/mol. The summed E-state index contributed by atoms with van der Waals surface area (Å²) >= 11 is 0. The van der Waals surface area contributed by atoms with Crippen LogP contribution >= 0.6 is 0 Å². The molecular weight excluding hydrogens is 308 g/mol. The fraction of sp³-hybridized carbons (Fsp3) is 0.353. The van der Waals surface area contributed by atoms with E-state index < -0.39 is 18.1 Å². The number of hydrogen-bond donors (Lipinski definition) is 3. The molecule has 2 atom stereocenters. The van der Waals surface area contributed by atoms with Gasteiger partial charge in [-0.2, -0.15) is 0 Å². The number of rotatable bonds is 5. The molecule has 3 N–H and O–H groups in total.